The van der Waals surface area contributed by atoms with Crippen molar-refractivity contribution in [3.8, 4) is 16.7 Å². The van der Waals surface area contributed by atoms with Gasteiger partial charge in [-0.15, -0.1) is 5.10 Å². The third-order valence-electron chi connectivity index (χ3n) is 2.62. The van der Waals surface area contributed by atoms with Crippen molar-refractivity contribution in [3.63, 3.8) is 0 Å². The maximum Gasteiger partial charge on any atom is 0.299 e. The van der Waals surface area contributed by atoms with Crippen molar-refractivity contribution < 1.29 is 9.47 Å². The Balaban J connectivity index is 1.96. The third kappa shape index (κ3) is 4.99. The van der Waals surface area contributed by atoms with E-state index in [-0.39, 0.29) is 0 Å². The number of benzene rings is 1. The minimum Gasteiger partial charge on any atom is -0.490 e. The van der Waals surface area contributed by atoms with Crippen molar-refractivity contribution >= 4 is 11.3 Å². The predicted octanol–water partition coefficient (Wildman–Crippen LogP) is 3.47. The van der Waals surface area contributed by atoms with Crippen LogP contribution < -0.4 is 14.8 Å². The summed E-state index contributed by atoms with van der Waals surface area (Å²) >= 11 is 1.44. The van der Waals surface area contributed by atoms with E-state index >= 15 is 0 Å². The molecule has 0 spiro atoms. The molecule has 0 saturated carbocycles. The van der Waals surface area contributed by atoms with Crippen molar-refractivity contribution in [1.82, 2.24) is 15.5 Å². The lowest BCUT2D eigenvalue weighted by Gasteiger charge is -2.08. The maximum absolute atomic E-state index is 5.76. The quantitative estimate of drug-likeness (QED) is 0.809. The largest absolute Gasteiger partial charge is 0.490 e. The molecule has 0 radical (unpaired) electrons. The number of para-hydroxylation sites is 2. The van der Waals surface area contributed by atoms with E-state index in [4.69, 9.17) is 9.47 Å². The van der Waals surface area contributed by atoms with E-state index in [0.29, 0.717) is 30.0 Å². The number of aromatic nitrogens is 2. The van der Waals surface area contributed by atoms with Gasteiger partial charge in [-0.25, -0.2) is 0 Å². The summed E-state index contributed by atoms with van der Waals surface area (Å²) < 4.78 is 11.3. The molecule has 0 saturated heterocycles. The maximum atomic E-state index is 5.76. The van der Waals surface area contributed by atoms with Gasteiger partial charge in [0, 0.05) is 6.54 Å². The minimum absolute atomic E-state index is 0.531. The first-order valence-electron chi connectivity index (χ1n) is 7.11. The van der Waals surface area contributed by atoms with Crippen molar-refractivity contribution in [1.29, 1.82) is 0 Å². The van der Waals surface area contributed by atoms with Gasteiger partial charge in [-0.1, -0.05) is 42.4 Å². The summed E-state index contributed by atoms with van der Waals surface area (Å²) in [6, 6.07) is 7.57. The summed E-state index contributed by atoms with van der Waals surface area (Å²) in [6.07, 6.45) is 0. The zero-order valence-electron chi connectivity index (χ0n) is 12.6. The number of nitrogens with zero attached hydrogens (tertiary/aromatic N) is 2. The van der Waals surface area contributed by atoms with E-state index in [1.54, 1.807) is 0 Å². The molecular formula is C15H21N3O2S. The van der Waals surface area contributed by atoms with Crippen LogP contribution in [0.5, 0.6) is 16.7 Å². The molecule has 1 aromatic heterocycles. The van der Waals surface area contributed by atoms with Crippen LogP contribution in [0, 0.1) is 5.92 Å². The number of hydrogen-bond donors (Lipinski definition) is 1. The first-order valence-corrected chi connectivity index (χ1v) is 7.93. The lowest BCUT2D eigenvalue weighted by molar-refractivity contribution is 0.320. The third-order valence-corrected chi connectivity index (χ3v) is 3.42. The van der Waals surface area contributed by atoms with Gasteiger partial charge in [0.25, 0.3) is 5.19 Å². The smallest absolute Gasteiger partial charge is 0.299 e. The van der Waals surface area contributed by atoms with Gasteiger partial charge in [-0.05, 0) is 31.5 Å². The molecule has 0 aliphatic rings. The van der Waals surface area contributed by atoms with Crippen LogP contribution in [0.1, 0.15) is 25.8 Å². The molecule has 0 unspecified atom stereocenters. The SMILES string of the molecule is CCOc1ccccc1Oc1nnc(CNCC(C)C)s1. The second-order valence-electron chi connectivity index (χ2n) is 4.97. The van der Waals surface area contributed by atoms with Gasteiger partial charge < -0.3 is 14.8 Å². The Hall–Kier alpha value is -1.66. The first kappa shape index (κ1) is 15.7. The molecule has 0 aliphatic heterocycles. The molecule has 5 nitrogen and oxygen atoms in total. The predicted molar refractivity (Wildman–Crippen MR) is 84.1 cm³/mol. The molecule has 0 atom stereocenters. The molecular weight excluding hydrogens is 286 g/mol. The second kappa shape index (κ2) is 7.95. The van der Waals surface area contributed by atoms with Gasteiger partial charge in [-0.2, -0.15) is 0 Å². The van der Waals surface area contributed by atoms with E-state index in [9.17, 15) is 0 Å². The summed E-state index contributed by atoms with van der Waals surface area (Å²) in [7, 11) is 0. The average molecular weight is 307 g/mol. The van der Waals surface area contributed by atoms with Gasteiger partial charge in [0.05, 0.1) is 6.61 Å². The van der Waals surface area contributed by atoms with Gasteiger partial charge >= 0.3 is 0 Å². The molecule has 1 N–H and O–H groups in total. The van der Waals surface area contributed by atoms with Gasteiger partial charge in [0.15, 0.2) is 11.5 Å². The fraction of sp³-hybridized carbons (Fsp3) is 0.467. The van der Waals surface area contributed by atoms with Crippen molar-refractivity contribution in [2.75, 3.05) is 13.2 Å². The zero-order valence-corrected chi connectivity index (χ0v) is 13.4. The average Bonchev–Trinajstić information content (AvgIpc) is 2.88. The topological polar surface area (TPSA) is 56.3 Å². The first-order chi connectivity index (χ1) is 10.2. The number of nitrogens with one attached hydrogen (secondary N) is 1. The molecule has 114 valence electrons. The molecule has 2 rings (SSSR count). The Kier molecular flexibility index (Phi) is 5.95. The van der Waals surface area contributed by atoms with E-state index in [2.05, 4.69) is 29.4 Å². The van der Waals surface area contributed by atoms with E-state index in [1.165, 1.54) is 11.3 Å². The molecule has 0 bridgehead atoms. The summed E-state index contributed by atoms with van der Waals surface area (Å²) in [5.74, 6) is 2.00. The van der Waals surface area contributed by atoms with E-state index in [1.807, 2.05) is 31.2 Å². The molecule has 21 heavy (non-hydrogen) atoms. The highest BCUT2D eigenvalue weighted by Gasteiger charge is 2.10. The van der Waals surface area contributed by atoms with Crippen molar-refractivity contribution in [2.45, 2.75) is 27.3 Å². The lowest BCUT2D eigenvalue weighted by atomic mass is 10.2. The van der Waals surface area contributed by atoms with Crippen molar-refractivity contribution in [2.24, 2.45) is 5.92 Å². The highest BCUT2D eigenvalue weighted by Crippen LogP contribution is 2.32. The van der Waals surface area contributed by atoms with Gasteiger partial charge in [-0.3, -0.25) is 0 Å². The second-order valence-corrected chi connectivity index (χ2v) is 5.99. The van der Waals surface area contributed by atoms with Crippen LogP contribution >= 0.6 is 11.3 Å². The molecule has 1 heterocycles. The molecule has 1 aromatic carbocycles. The highest BCUT2D eigenvalue weighted by atomic mass is 32.1. The van der Waals surface area contributed by atoms with Crippen LogP contribution in [0.25, 0.3) is 0 Å². The Morgan fingerprint density at radius 1 is 1.19 bits per heavy atom. The summed E-state index contributed by atoms with van der Waals surface area (Å²) in [4.78, 5) is 0. The Bertz CT molecular complexity index is 557. The summed E-state index contributed by atoms with van der Waals surface area (Å²) in [6.45, 7) is 8.56. The van der Waals surface area contributed by atoms with E-state index in [0.717, 1.165) is 17.3 Å². The summed E-state index contributed by atoms with van der Waals surface area (Å²) in [5, 5.41) is 13.0. The highest BCUT2D eigenvalue weighted by molar-refractivity contribution is 7.13. The molecule has 0 amide bonds. The zero-order chi connectivity index (χ0) is 15.1. The normalized spacial score (nSPS) is 10.9. The molecule has 2 aromatic rings. The number of ether oxygens (including phenoxy) is 2. The Morgan fingerprint density at radius 3 is 2.67 bits per heavy atom. The van der Waals surface area contributed by atoms with Gasteiger partial charge in [0.2, 0.25) is 0 Å². The minimum atomic E-state index is 0.531. The molecule has 0 fully saturated rings. The fourth-order valence-corrected chi connectivity index (χ4v) is 2.39. The fourth-order valence-electron chi connectivity index (χ4n) is 1.72. The molecule has 6 heteroatoms. The lowest BCUT2D eigenvalue weighted by Crippen LogP contribution is -2.18. The summed E-state index contributed by atoms with van der Waals surface area (Å²) in [5.41, 5.74) is 0. The van der Waals surface area contributed by atoms with Crippen molar-refractivity contribution in [3.05, 3.63) is 29.3 Å². The Morgan fingerprint density at radius 2 is 1.95 bits per heavy atom. The Labute approximate surface area is 129 Å². The number of rotatable bonds is 8. The standard InChI is InChI=1S/C15H21N3O2S/c1-4-19-12-7-5-6-8-13(12)20-15-18-17-14(21-15)10-16-9-11(2)3/h5-8,11,16H,4,9-10H2,1-3H3. The van der Waals surface area contributed by atoms with Crippen LogP contribution in [0.15, 0.2) is 24.3 Å². The van der Waals surface area contributed by atoms with Crippen LogP contribution in [0.2, 0.25) is 0 Å². The van der Waals surface area contributed by atoms with Crippen LogP contribution in [0.3, 0.4) is 0 Å². The van der Waals surface area contributed by atoms with Crippen LogP contribution in [-0.2, 0) is 6.54 Å². The number of hydrogen-bond acceptors (Lipinski definition) is 6. The van der Waals surface area contributed by atoms with Crippen LogP contribution in [-0.4, -0.2) is 23.3 Å². The monoisotopic (exact) mass is 307 g/mol. The molecule has 0 aliphatic carbocycles. The van der Waals surface area contributed by atoms with E-state index < -0.39 is 0 Å². The van der Waals surface area contributed by atoms with Gasteiger partial charge in [0.1, 0.15) is 5.01 Å². The van der Waals surface area contributed by atoms with Crippen LogP contribution in [0.4, 0.5) is 0 Å².